The summed E-state index contributed by atoms with van der Waals surface area (Å²) in [5.74, 6) is 0.985. The molecule has 1 aliphatic carbocycles. The van der Waals surface area contributed by atoms with Crippen LogP contribution in [0.15, 0.2) is 0 Å². The van der Waals surface area contributed by atoms with Gasteiger partial charge in [-0.1, -0.05) is 13.3 Å². The molecule has 0 aromatic rings. The molecule has 1 fully saturated rings. The zero-order valence-electron chi connectivity index (χ0n) is 10.2. The van der Waals surface area contributed by atoms with Gasteiger partial charge in [0.2, 0.25) is 0 Å². The van der Waals surface area contributed by atoms with Crippen LogP contribution >= 0.6 is 0 Å². The van der Waals surface area contributed by atoms with Gasteiger partial charge in [0.15, 0.2) is 0 Å². The largest absolute Gasteiger partial charge is 0.316 e. The summed E-state index contributed by atoms with van der Waals surface area (Å²) in [6.45, 7) is 5.83. The SMILES string of the molecule is CCCC(CN(C)C(C)C1CC1)NC. The fourth-order valence-corrected chi connectivity index (χ4v) is 2.13. The molecule has 0 heterocycles. The molecule has 2 unspecified atom stereocenters. The lowest BCUT2D eigenvalue weighted by Crippen LogP contribution is -2.42. The Morgan fingerprint density at radius 1 is 1.43 bits per heavy atom. The van der Waals surface area contributed by atoms with E-state index in [1.54, 1.807) is 0 Å². The first-order valence-corrected chi connectivity index (χ1v) is 6.06. The van der Waals surface area contributed by atoms with Gasteiger partial charge >= 0.3 is 0 Å². The molecular weight excluding hydrogens is 172 g/mol. The second-order valence-electron chi connectivity index (χ2n) is 4.79. The van der Waals surface area contributed by atoms with Crippen LogP contribution in [0.4, 0.5) is 0 Å². The fraction of sp³-hybridized carbons (Fsp3) is 1.00. The molecule has 2 nitrogen and oxygen atoms in total. The van der Waals surface area contributed by atoms with Crippen LogP contribution in [0.5, 0.6) is 0 Å². The Labute approximate surface area is 89.1 Å². The van der Waals surface area contributed by atoms with Gasteiger partial charge in [0.05, 0.1) is 0 Å². The van der Waals surface area contributed by atoms with Crippen molar-refractivity contribution < 1.29 is 0 Å². The first kappa shape index (κ1) is 12.0. The molecule has 1 aliphatic rings. The molecule has 0 radical (unpaired) electrons. The van der Waals surface area contributed by atoms with E-state index in [1.165, 1.54) is 32.2 Å². The molecule has 0 bridgehead atoms. The number of rotatable bonds is 7. The predicted octanol–water partition coefficient (Wildman–Crippen LogP) is 2.10. The molecular formula is C12H26N2. The van der Waals surface area contributed by atoms with Crippen LogP contribution in [-0.2, 0) is 0 Å². The molecule has 0 aliphatic heterocycles. The van der Waals surface area contributed by atoms with Crippen molar-refractivity contribution in [1.29, 1.82) is 0 Å². The van der Waals surface area contributed by atoms with Crippen molar-refractivity contribution >= 4 is 0 Å². The van der Waals surface area contributed by atoms with Gasteiger partial charge in [0, 0.05) is 18.6 Å². The smallest absolute Gasteiger partial charge is 0.0191 e. The van der Waals surface area contributed by atoms with E-state index >= 15 is 0 Å². The first-order chi connectivity index (χ1) is 6.69. The Kier molecular flexibility index (Phi) is 4.90. The molecule has 0 saturated heterocycles. The molecule has 1 rings (SSSR count). The number of likely N-dealkylation sites (N-methyl/N-ethyl adjacent to an activating group) is 2. The minimum absolute atomic E-state index is 0.672. The minimum Gasteiger partial charge on any atom is -0.316 e. The van der Waals surface area contributed by atoms with E-state index < -0.39 is 0 Å². The second-order valence-corrected chi connectivity index (χ2v) is 4.79. The van der Waals surface area contributed by atoms with E-state index in [0.717, 1.165) is 12.0 Å². The third kappa shape index (κ3) is 3.58. The fourth-order valence-electron chi connectivity index (χ4n) is 2.13. The van der Waals surface area contributed by atoms with E-state index in [2.05, 4.69) is 38.2 Å². The normalized spacial score (nSPS) is 21.2. The molecule has 0 aromatic heterocycles. The van der Waals surface area contributed by atoms with Crippen LogP contribution in [0.3, 0.4) is 0 Å². The van der Waals surface area contributed by atoms with Gasteiger partial charge in [-0.15, -0.1) is 0 Å². The summed E-state index contributed by atoms with van der Waals surface area (Å²) in [5.41, 5.74) is 0. The zero-order valence-corrected chi connectivity index (χ0v) is 10.2. The molecule has 2 atom stereocenters. The molecule has 84 valence electrons. The molecule has 1 saturated carbocycles. The zero-order chi connectivity index (χ0) is 10.6. The third-order valence-corrected chi connectivity index (χ3v) is 3.55. The van der Waals surface area contributed by atoms with Crippen molar-refractivity contribution in [1.82, 2.24) is 10.2 Å². The van der Waals surface area contributed by atoms with Gasteiger partial charge in [-0.25, -0.2) is 0 Å². The lowest BCUT2D eigenvalue weighted by molar-refractivity contribution is 0.208. The average Bonchev–Trinajstić information content (AvgIpc) is 2.99. The van der Waals surface area contributed by atoms with Crippen LogP contribution in [0, 0.1) is 5.92 Å². The van der Waals surface area contributed by atoms with Crippen LogP contribution < -0.4 is 5.32 Å². The van der Waals surface area contributed by atoms with E-state index in [1.807, 2.05) is 0 Å². The molecule has 0 spiro atoms. The van der Waals surface area contributed by atoms with Crippen molar-refractivity contribution in [3.05, 3.63) is 0 Å². The van der Waals surface area contributed by atoms with Crippen molar-refractivity contribution in [2.75, 3.05) is 20.6 Å². The summed E-state index contributed by atoms with van der Waals surface area (Å²) in [5, 5.41) is 3.41. The Hall–Kier alpha value is -0.0800. The van der Waals surface area contributed by atoms with E-state index in [0.29, 0.717) is 6.04 Å². The highest BCUT2D eigenvalue weighted by Gasteiger charge is 2.30. The lowest BCUT2D eigenvalue weighted by Gasteiger charge is -2.28. The summed E-state index contributed by atoms with van der Waals surface area (Å²) in [7, 11) is 4.35. The Bertz CT molecular complexity index is 154. The maximum absolute atomic E-state index is 3.41. The molecule has 14 heavy (non-hydrogen) atoms. The second kappa shape index (κ2) is 5.72. The summed E-state index contributed by atoms with van der Waals surface area (Å²) in [4.78, 5) is 2.52. The van der Waals surface area contributed by atoms with Gasteiger partial charge in [0.25, 0.3) is 0 Å². The van der Waals surface area contributed by atoms with Crippen LogP contribution in [0.1, 0.15) is 39.5 Å². The van der Waals surface area contributed by atoms with Crippen LogP contribution in [-0.4, -0.2) is 37.6 Å². The highest BCUT2D eigenvalue weighted by atomic mass is 15.2. The molecule has 2 heteroatoms. The van der Waals surface area contributed by atoms with Gasteiger partial charge < -0.3 is 10.2 Å². The van der Waals surface area contributed by atoms with E-state index in [4.69, 9.17) is 0 Å². The minimum atomic E-state index is 0.672. The third-order valence-electron chi connectivity index (χ3n) is 3.55. The van der Waals surface area contributed by atoms with Gasteiger partial charge in [-0.2, -0.15) is 0 Å². The van der Waals surface area contributed by atoms with Crippen molar-refractivity contribution in [3.63, 3.8) is 0 Å². The number of hydrogen-bond donors (Lipinski definition) is 1. The maximum atomic E-state index is 3.41. The Morgan fingerprint density at radius 2 is 2.07 bits per heavy atom. The lowest BCUT2D eigenvalue weighted by atomic mass is 10.1. The van der Waals surface area contributed by atoms with Crippen molar-refractivity contribution in [2.24, 2.45) is 5.92 Å². The first-order valence-electron chi connectivity index (χ1n) is 6.06. The van der Waals surface area contributed by atoms with Gasteiger partial charge in [-0.05, 0) is 46.2 Å². The summed E-state index contributed by atoms with van der Waals surface area (Å²) >= 11 is 0. The van der Waals surface area contributed by atoms with Crippen molar-refractivity contribution in [2.45, 2.75) is 51.6 Å². The highest BCUT2D eigenvalue weighted by molar-refractivity contribution is 4.85. The monoisotopic (exact) mass is 198 g/mol. The van der Waals surface area contributed by atoms with Crippen LogP contribution in [0.25, 0.3) is 0 Å². The summed E-state index contributed by atoms with van der Waals surface area (Å²) in [6, 6.07) is 1.45. The molecule has 0 amide bonds. The predicted molar refractivity (Wildman–Crippen MR) is 62.6 cm³/mol. The standard InChI is InChI=1S/C12H26N2/c1-5-6-12(13-3)9-14(4)10(2)11-7-8-11/h10-13H,5-9H2,1-4H3. The van der Waals surface area contributed by atoms with Crippen LogP contribution in [0.2, 0.25) is 0 Å². The van der Waals surface area contributed by atoms with E-state index in [-0.39, 0.29) is 0 Å². The Morgan fingerprint density at radius 3 is 2.50 bits per heavy atom. The quantitative estimate of drug-likeness (QED) is 0.674. The number of hydrogen-bond acceptors (Lipinski definition) is 2. The van der Waals surface area contributed by atoms with Crippen molar-refractivity contribution in [3.8, 4) is 0 Å². The van der Waals surface area contributed by atoms with Gasteiger partial charge in [-0.3, -0.25) is 0 Å². The van der Waals surface area contributed by atoms with Gasteiger partial charge in [0.1, 0.15) is 0 Å². The number of nitrogens with one attached hydrogen (secondary N) is 1. The summed E-state index contributed by atoms with van der Waals surface area (Å²) in [6.07, 6.45) is 5.46. The Balaban J connectivity index is 2.25. The topological polar surface area (TPSA) is 15.3 Å². The number of nitrogens with zero attached hydrogens (tertiary/aromatic N) is 1. The highest BCUT2D eigenvalue weighted by Crippen LogP contribution is 2.34. The summed E-state index contributed by atoms with van der Waals surface area (Å²) < 4.78 is 0. The molecule has 1 N–H and O–H groups in total. The molecule has 0 aromatic carbocycles. The average molecular weight is 198 g/mol. The van der Waals surface area contributed by atoms with E-state index in [9.17, 15) is 0 Å². The maximum Gasteiger partial charge on any atom is 0.0191 e.